The summed E-state index contributed by atoms with van der Waals surface area (Å²) >= 11 is 0. The van der Waals surface area contributed by atoms with Crippen molar-refractivity contribution in [3.63, 3.8) is 0 Å². The van der Waals surface area contributed by atoms with Crippen molar-refractivity contribution in [1.82, 2.24) is 10.6 Å². The topological polar surface area (TPSA) is 81.6 Å². The van der Waals surface area contributed by atoms with Gasteiger partial charge in [-0.15, -0.1) is 0 Å². The molecule has 4 N–H and O–H groups in total. The van der Waals surface area contributed by atoms with Gasteiger partial charge in [-0.2, -0.15) is 0 Å². The Morgan fingerprint density at radius 2 is 1.90 bits per heavy atom. The number of hydrogen-bond donors (Lipinski definition) is 4. The summed E-state index contributed by atoms with van der Waals surface area (Å²) in [6, 6.07) is 16.7. The fourth-order valence-electron chi connectivity index (χ4n) is 3.97. The van der Waals surface area contributed by atoms with Gasteiger partial charge in [-0.3, -0.25) is 4.79 Å². The smallest absolute Gasteiger partial charge is 0.237 e. The number of carbonyl (C=O) groups is 1. The SMILES string of the molecule is Cc1ccc(CC[C@H]2CCN[C@H](C(=O)N[C@@H](CO)[C@H](O)c3ccccc3)C2)cc1. The number of amides is 1. The fraction of sp³-hybridized carbons (Fsp3) is 0.458. The molecule has 1 fully saturated rings. The van der Waals surface area contributed by atoms with Gasteiger partial charge in [0, 0.05) is 0 Å². The Kier molecular flexibility index (Phi) is 7.81. The first-order chi connectivity index (χ1) is 14.1. The van der Waals surface area contributed by atoms with E-state index in [1.54, 1.807) is 12.1 Å². The molecule has 0 bridgehead atoms. The van der Waals surface area contributed by atoms with E-state index in [0.717, 1.165) is 32.2 Å². The van der Waals surface area contributed by atoms with Crippen LogP contribution in [0.15, 0.2) is 54.6 Å². The lowest BCUT2D eigenvalue weighted by molar-refractivity contribution is -0.126. The molecule has 1 aliphatic heterocycles. The monoisotopic (exact) mass is 396 g/mol. The number of hydrogen-bond acceptors (Lipinski definition) is 4. The van der Waals surface area contributed by atoms with Crippen molar-refractivity contribution in [3.05, 3.63) is 71.3 Å². The standard InChI is InChI=1S/C24H32N2O3/c1-17-7-9-18(10-8-17)11-12-19-13-14-25-21(15-19)24(29)26-22(16-27)23(28)20-5-3-2-4-6-20/h2-10,19,21-23,25,27-28H,11-16H2,1H3,(H,26,29)/t19-,21-,22-,23+/m0/s1. The summed E-state index contributed by atoms with van der Waals surface area (Å²) in [5.41, 5.74) is 3.28. The lowest BCUT2D eigenvalue weighted by Gasteiger charge is -2.31. The van der Waals surface area contributed by atoms with Gasteiger partial charge in [-0.05, 0) is 56.2 Å². The number of aliphatic hydroxyl groups excluding tert-OH is 2. The highest BCUT2D eigenvalue weighted by molar-refractivity contribution is 5.82. The first-order valence-electron chi connectivity index (χ1n) is 10.5. The Labute approximate surface area is 173 Å². The van der Waals surface area contributed by atoms with Gasteiger partial charge in [0.25, 0.3) is 0 Å². The maximum atomic E-state index is 12.8. The molecule has 1 amide bonds. The summed E-state index contributed by atoms with van der Waals surface area (Å²) in [7, 11) is 0. The van der Waals surface area contributed by atoms with Crippen molar-refractivity contribution >= 4 is 5.91 Å². The summed E-state index contributed by atoms with van der Waals surface area (Å²) in [4.78, 5) is 12.8. The average Bonchev–Trinajstić information content (AvgIpc) is 2.77. The van der Waals surface area contributed by atoms with Crippen LogP contribution in [0.25, 0.3) is 0 Å². The minimum atomic E-state index is -0.939. The molecule has 29 heavy (non-hydrogen) atoms. The minimum Gasteiger partial charge on any atom is -0.394 e. The van der Waals surface area contributed by atoms with Crippen LogP contribution >= 0.6 is 0 Å². The zero-order chi connectivity index (χ0) is 20.6. The van der Waals surface area contributed by atoms with Crippen LogP contribution in [0.2, 0.25) is 0 Å². The van der Waals surface area contributed by atoms with Gasteiger partial charge in [0.2, 0.25) is 5.91 Å². The molecule has 0 aliphatic carbocycles. The number of piperidine rings is 1. The Morgan fingerprint density at radius 3 is 2.59 bits per heavy atom. The highest BCUT2D eigenvalue weighted by atomic mass is 16.3. The van der Waals surface area contributed by atoms with E-state index in [1.807, 2.05) is 18.2 Å². The molecule has 0 spiro atoms. The summed E-state index contributed by atoms with van der Waals surface area (Å²) in [5, 5.41) is 26.3. The van der Waals surface area contributed by atoms with Crippen molar-refractivity contribution in [2.24, 2.45) is 5.92 Å². The number of nitrogens with one attached hydrogen (secondary N) is 2. The summed E-state index contributed by atoms with van der Waals surface area (Å²) in [6.07, 6.45) is 2.98. The highest BCUT2D eigenvalue weighted by Crippen LogP contribution is 2.23. The van der Waals surface area contributed by atoms with Crippen LogP contribution < -0.4 is 10.6 Å². The second-order valence-corrected chi connectivity index (χ2v) is 8.07. The molecule has 3 rings (SSSR count). The van der Waals surface area contributed by atoms with Crippen LogP contribution in [0.3, 0.4) is 0 Å². The lowest BCUT2D eigenvalue weighted by Crippen LogP contribution is -2.53. The zero-order valence-corrected chi connectivity index (χ0v) is 17.1. The lowest BCUT2D eigenvalue weighted by atomic mass is 9.87. The van der Waals surface area contributed by atoms with Crippen molar-refractivity contribution in [1.29, 1.82) is 0 Å². The highest BCUT2D eigenvalue weighted by Gasteiger charge is 2.30. The molecule has 4 atom stereocenters. The molecule has 1 aliphatic rings. The van der Waals surface area contributed by atoms with E-state index in [4.69, 9.17) is 0 Å². The molecule has 0 aromatic heterocycles. The van der Waals surface area contributed by atoms with E-state index < -0.39 is 12.1 Å². The molecule has 2 aromatic carbocycles. The normalized spacial score (nSPS) is 21.3. The van der Waals surface area contributed by atoms with Crippen molar-refractivity contribution in [2.45, 2.75) is 50.8 Å². The quantitative estimate of drug-likeness (QED) is 0.553. The van der Waals surface area contributed by atoms with E-state index in [0.29, 0.717) is 11.5 Å². The molecule has 2 aromatic rings. The van der Waals surface area contributed by atoms with Crippen LogP contribution in [0.1, 0.15) is 42.1 Å². The minimum absolute atomic E-state index is 0.154. The van der Waals surface area contributed by atoms with Crippen molar-refractivity contribution in [2.75, 3.05) is 13.2 Å². The van der Waals surface area contributed by atoms with Gasteiger partial charge in [0.05, 0.1) is 18.7 Å². The van der Waals surface area contributed by atoms with Crippen molar-refractivity contribution < 1.29 is 15.0 Å². The summed E-state index contributed by atoms with van der Waals surface area (Å²) in [5.74, 6) is 0.332. The third-order valence-corrected chi connectivity index (χ3v) is 5.84. The summed E-state index contributed by atoms with van der Waals surface area (Å²) < 4.78 is 0. The molecule has 156 valence electrons. The Morgan fingerprint density at radius 1 is 1.17 bits per heavy atom. The van der Waals surface area contributed by atoms with E-state index in [-0.39, 0.29) is 18.6 Å². The Hall–Kier alpha value is -2.21. The predicted octanol–water partition coefficient (Wildman–Crippen LogP) is 2.51. The Bertz CT molecular complexity index is 763. The zero-order valence-electron chi connectivity index (χ0n) is 17.1. The Balaban J connectivity index is 1.52. The van der Waals surface area contributed by atoms with Gasteiger partial charge in [-0.25, -0.2) is 0 Å². The molecule has 5 nitrogen and oxygen atoms in total. The van der Waals surface area contributed by atoms with Crippen LogP contribution in [0.5, 0.6) is 0 Å². The number of benzene rings is 2. The van der Waals surface area contributed by atoms with Gasteiger partial charge in [0.1, 0.15) is 6.10 Å². The van der Waals surface area contributed by atoms with Crippen LogP contribution in [-0.2, 0) is 11.2 Å². The first kappa shape index (κ1) is 21.5. The molecule has 0 radical (unpaired) electrons. The van der Waals surface area contributed by atoms with Crippen LogP contribution in [0.4, 0.5) is 0 Å². The number of aliphatic hydroxyl groups is 2. The van der Waals surface area contributed by atoms with Gasteiger partial charge in [0.15, 0.2) is 0 Å². The van der Waals surface area contributed by atoms with Gasteiger partial charge < -0.3 is 20.8 Å². The largest absolute Gasteiger partial charge is 0.394 e. The third kappa shape index (κ3) is 6.13. The van der Waals surface area contributed by atoms with Crippen LogP contribution in [0, 0.1) is 12.8 Å². The van der Waals surface area contributed by atoms with E-state index in [1.165, 1.54) is 11.1 Å². The van der Waals surface area contributed by atoms with Crippen LogP contribution in [-0.4, -0.2) is 41.4 Å². The fourth-order valence-corrected chi connectivity index (χ4v) is 3.97. The maximum absolute atomic E-state index is 12.8. The van der Waals surface area contributed by atoms with E-state index >= 15 is 0 Å². The number of rotatable bonds is 8. The average molecular weight is 397 g/mol. The number of carbonyl (C=O) groups excluding carboxylic acids is 1. The molecule has 1 saturated heterocycles. The number of aryl methyl sites for hydroxylation is 2. The van der Waals surface area contributed by atoms with Gasteiger partial charge in [-0.1, -0.05) is 60.2 Å². The molecular weight excluding hydrogens is 364 g/mol. The molecule has 1 heterocycles. The predicted molar refractivity (Wildman–Crippen MR) is 114 cm³/mol. The second kappa shape index (κ2) is 10.5. The molecule has 5 heteroatoms. The van der Waals surface area contributed by atoms with E-state index in [2.05, 4.69) is 41.8 Å². The van der Waals surface area contributed by atoms with Gasteiger partial charge >= 0.3 is 0 Å². The summed E-state index contributed by atoms with van der Waals surface area (Å²) in [6.45, 7) is 2.58. The third-order valence-electron chi connectivity index (χ3n) is 5.84. The van der Waals surface area contributed by atoms with E-state index in [9.17, 15) is 15.0 Å². The molecule has 0 unspecified atom stereocenters. The maximum Gasteiger partial charge on any atom is 0.237 e. The molecular formula is C24H32N2O3. The first-order valence-corrected chi connectivity index (χ1v) is 10.5. The molecule has 0 saturated carbocycles. The van der Waals surface area contributed by atoms with Crippen molar-refractivity contribution in [3.8, 4) is 0 Å². The second-order valence-electron chi connectivity index (χ2n) is 8.07.